The summed E-state index contributed by atoms with van der Waals surface area (Å²) in [6, 6.07) is 16.7. The number of halogens is 1. The van der Waals surface area contributed by atoms with Crippen LogP contribution < -0.4 is 5.32 Å². The van der Waals surface area contributed by atoms with Crippen LogP contribution in [0.15, 0.2) is 75.1 Å². The van der Waals surface area contributed by atoms with Crippen molar-refractivity contribution in [3.8, 4) is 0 Å². The fourth-order valence-electron chi connectivity index (χ4n) is 3.93. The van der Waals surface area contributed by atoms with E-state index in [4.69, 9.17) is 16.0 Å². The van der Waals surface area contributed by atoms with E-state index in [2.05, 4.69) is 10.2 Å². The SMILES string of the molecule is Cc1ccc(S(=O)(=O)c2ccc(C(=O)NCC(c3ccccc3Cl)N3CCCC3)o2)cc1. The number of carbonyl (C=O) groups excluding carboxylic acids is 1. The van der Waals surface area contributed by atoms with Gasteiger partial charge in [-0.05, 0) is 68.8 Å². The number of nitrogens with zero attached hydrogens (tertiary/aromatic N) is 1. The van der Waals surface area contributed by atoms with Gasteiger partial charge >= 0.3 is 0 Å². The molecule has 0 spiro atoms. The smallest absolute Gasteiger partial charge is 0.287 e. The zero-order valence-corrected chi connectivity index (χ0v) is 19.3. The molecule has 1 atom stereocenters. The van der Waals surface area contributed by atoms with Gasteiger partial charge < -0.3 is 9.73 Å². The minimum atomic E-state index is -3.83. The molecule has 0 bridgehead atoms. The van der Waals surface area contributed by atoms with Crippen LogP contribution in [0.25, 0.3) is 0 Å². The van der Waals surface area contributed by atoms with E-state index in [-0.39, 0.29) is 21.8 Å². The number of hydrogen-bond donors (Lipinski definition) is 1. The number of furan rings is 1. The zero-order chi connectivity index (χ0) is 22.7. The second kappa shape index (κ2) is 9.48. The first-order chi connectivity index (χ1) is 15.4. The second-order valence-corrected chi connectivity index (χ2v) is 10.2. The summed E-state index contributed by atoms with van der Waals surface area (Å²) in [5.41, 5.74) is 1.91. The Labute approximate surface area is 193 Å². The summed E-state index contributed by atoms with van der Waals surface area (Å²) in [6.07, 6.45) is 2.21. The largest absolute Gasteiger partial charge is 0.439 e. The lowest BCUT2D eigenvalue weighted by Crippen LogP contribution is -2.36. The Morgan fingerprint density at radius 2 is 1.75 bits per heavy atom. The maximum absolute atomic E-state index is 12.8. The lowest BCUT2D eigenvalue weighted by atomic mass is 10.1. The van der Waals surface area contributed by atoms with Crippen LogP contribution in [0.1, 0.15) is 40.6 Å². The summed E-state index contributed by atoms with van der Waals surface area (Å²) in [6.45, 7) is 4.09. The van der Waals surface area contributed by atoms with E-state index in [1.807, 2.05) is 31.2 Å². The van der Waals surface area contributed by atoms with Crippen molar-refractivity contribution in [3.05, 3.63) is 82.6 Å². The van der Waals surface area contributed by atoms with Gasteiger partial charge in [0.25, 0.3) is 5.91 Å². The minimum absolute atomic E-state index is 0.0463. The monoisotopic (exact) mass is 472 g/mol. The van der Waals surface area contributed by atoms with Crippen LogP contribution in [0, 0.1) is 6.92 Å². The predicted molar refractivity (Wildman–Crippen MR) is 123 cm³/mol. The number of benzene rings is 2. The standard InChI is InChI=1S/C24H25ClN2O4S/c1-17-8-10-18(11-9-17)32(29,30)23-13-12-22(31-23)24(28)26-16-21(27-14-4-5-15-27)19-6-2-3-7-20(19)25/h2-3,6-13,21H,4-5,14-16H2,1H3,(H,26,28). The van der Waals surface area contributed by atoms with Crippen LogP contribution in [-0.4, -0.2) is 38.9 Å². The van der Waals surface area contributed by atoms with Crippen LogP contribution in [0.4, 0.5) is 0 Å². The Balaban J connectivity index is 1.49. The first kappa shape index (κ1) is 22.6. The molecule has 1 saturated heterocycles. The molecule has 2 heterocycles. The fourth-order valence-corrected chi connectivity index (χ4v) is 5.37. The third kappa shape index (κ3) is 4.75. The number of rotatable bonds is 7. The van der Waals surface area contributed by atoms with Crippen LogP contribution in [-0.2, 0) is 9.84 Å². The molecule has 0 radical (unpaired) electrons. The van der Waals surface area contributed by atoms with Gasteiger partial charge in [0.2, 0.25) is 14.9 Å². The molecule has 6 nitrogen and oxygen atoms in total. The molecule has 3 aromatic rings. The third-order valence-electron chi connectivity index (χ3n) is 5.70. The Hall–Kier alpha value is -2.61. The molecule has 2 aromatic carbocycles. The normalized spacial score (nSPS) is 15.6. The molecular formula is C24H25ClN2O4S. The molecule has 1 N–H and O–H groups in total. The van der Waals surface area contributed by atoms with E-state index in [0.29, 0.717) is 11.6 Å². The topological polar surface area (TPSA) is 79.6 Å². The summed E-state index contributed by atoms with van der Waals surface area (Å²) < 4.78 is 31.0. The van der Waals surface area contributed by atoms with Gasteiger partial charge in [-0.15, -0.1) is 0 Å². The molecule has 0 saturated carbocycles. The molecule has 0 aliphatic carbocycles. The Morgan fingerprint density at radius 1 is 1.06 bits per heavy atom. The third-order valence-corrected chi connectivity index (χ3v) is 7.69. The average Bonchev–Trinajstić information content (AvgIpc) is 3.48. The Bertz CT molecular complexity index is 1200. The minimum Gasteiger partial charge on any atom is -0.439 e. The predicted octanol–water partition coefficient (Wildman–Crippen LogP) is 4.64. The van der Waals surface area contributed by atoms with E-state index in [9.17, 15) is 13.2 Å². The molecular weight excluding hydrogens is 448 g/mol. The van der Waals surface area contributed by atoms with Crippen molar-refractivity contribution in [2.45, 2.75) is 35.8 Å². The van der Waals surface area contributed by atoms with Gasteiger partial charge in [0.15, 0.2) is 5.76 Å². The van der Waals surface area contributed by atoms with Crippen molar-refractivity contribution < 1.29 is 17.6 Å². The quantitative estimate of drug-likeness (QED) is 0.541. The van der Waals surface area contributed by atoms with Crippen molar-refractivity contribution in [3.63, 3.8) is 0 Å². The number of hydrogen-bond acceptors (Lipinski definition) is 5. The summed E-state index contributed by atoms with van der Waals surface area (Å²) in [5, 5.41) is 3.29. The van der Waals surface area contributed by atoms with Crippen molar-refractivity contribution in [2.75, 3.05) is 19.6 Å². The van der Waals surface area contributed by atoms with Crippen molar-refractivity contribution >= 4 is 27.3 Å². The van der Waals surface area contributed by atoms with Crippen LogP contribution in [0.2, 0.25) is 5.02 Å². The molecule has 1 aromatic heterocycles. The molecule has 32 heavy (non-hydrogen) atoms. The van der Waals surface area contributed by atoms with E-state index in [0.717, 1.165) is 37.1 Å². The maximum atomic E-state index is 12.8. The summed E-state index contributed by atoms with van der Waals surface area (Å²) in [5.74, 6) is -0.512. The first-order valence-corrected chi connectivity index (χ1v) is 12.4. The summed E-state index contributed by atoms with van der Waals surface area (Å²) >= 11 is 6.43. The van der Waals surface area contributed by atoms with Crippen LogP contribution in [0.3, 0.4) is 0 Å². The van der Waals surface area contributed by atoms with Crippen molar-refractivity contribution in [2.24, 2.45) is 0 Å². The average molecular weight is 473 g/mol. The highest BCUT2D eigenvalue weighted by Crippen LogP contribution is 2.30. The lowest BCUT2D eigenvalue weighted by molar-refractivity contribution is 0.0905. The Kier molecular flexibility index (Phi) is 6.69. The van der Waals surface area contributed by atoms with Gasteiger partial charge in [-0.2, -0.15) is 0 Å². The number of aryl methyl sites for hydroxylation is 1. The zero-order valence-electron chi connectivity index (χ0n) is 17.8. The van der Waals surface area contributed by atoms with Gasteiger partial charge in [0.1, 0.15) is 0 Å². The van der Waals surface area contributed by atoms with Gasteiger partial charge in [0, 0.05) is 11.6 Å². The van der Waals surface area contributed by atoms with Gasteiger partial charge in [0.05, 0.1) is 10.9 Å². The van der Waals surface area contributed by atoms with E-state index in [1.54, 1.807) is 12.1 Å². The second-order valence-electron chi connectivity index (χ2n) is 7.93. The molecule has 1 aliphatic rings. The number of nitrogens with one attached hydrogen (secondary N) is 1. The highest BCUT2D eigenvalue weighted by molar-refractivity contribution is 7.91. The number of likely N-dealkylation sites (tertiary alicyclic amines) is 1. The molecule has 168 valence electrons. The number of carbonyl (C=O) groups is 1. The van der Waals surface area contributed by atoms with Gasteiger partial charge in [-0.25, -0.2) is 8.42 Å². The van der Waals surface area contributed by atoms with Crippen LogP contribution >= 0.6 is 11.6 Å². The van der Waals surface area contributed by atoms with E-state index < -0.39 is 15.7 Å². The van der Waals surface area contributed by atoms with Crippen molar-refractivity contribution in [1.29, 1.82) is 0 Å². The summed E-state index contributed by atoms with van der Waals surface area (Å²) in [7, 11) is -3.83. The maximum Gasteiger partial charge on any atom is 0.287 e. The van der Waals surface area contributed by atoms with E-state index >= 15 is 0 Å². The number of sulfone groups is 1. The highest BCUT2D eigenvalue weighted by atomic mass is 35.5. The Morgan fingerprint density at radius 3 is 2.44 bits per heavy atom. The highest BCUT2D eigenvalue weighted by Gasteiger charge is 2.27. The fraction of sp³-hybridized carbons (Fsp3) is 0.292. The first-order valence-electron chi connectivity index (χ1n) is 10.5. The molecule has 4 rings (SSSR count). The molecule has 1 unspecified atom stereocenters. The van der Waals surface area contributed by atoms with Crippen LogP contribution in [0.5, 0.6) is 0 Å². The summed E-state index contributed by atoms with van der Waals surface area (Å²) in [4.78, 5) is 15.2. The lowest BCUT2D eigenvalue weighted by Gasteiger charge is -2.28. The van der Waals surface area contributed by atoms with Crippen molar-refractivity contribution in [1.82, 2.24) is 10.2 Å². The number of amides is 1. The molecule has 1 aliphatic heterocycles. The molecule has 8 heteroatoms. The van der Waals surface area contributed by atoms with Gasteiger partial charge in [-0.3, -0.25) is 9.69 Å². The van der Waals surface area contributed by atoms with E-state index in [1.165, 1.54) is 24.3 Å². The molecule has 1 fully saturated rings. The molecule has 1 amide bonds. The van der Waals surface area contributed by atoms with Gasteiger partial charge in [-0.1, -0.05) is 47.5 Å².